The van der Waals surface area contributed by atoms with E-state index in [-0.39, 0.29) is 5.91 Å². The quantitative estimate of drug-likeness (QED) is 0.775. The second kappa shape index (κ2) is 8.32. The van der Waals surface area contributed by atoms with Crippen molar-refractivity contribution < 1.29 is 4.79 Å². The Morgan fingerprint density at radius 3 is 2.14 bits per heavy atom. The van der Waals surface area contributed by atoms with Gasteiger partial charge in [0.15, 0.2) is 0 Å². The number of amides is 1. The maximum absolute atomic E-state index is 11.8. The smallest absolute Gasteiger partial charge is 0.251 e. The molecular formula is C16H15Cl2NOS. The molecule has 0 spiro atoms. The maximum Gasteiger partial charge on any atom is 0.251 e. The van der Waals surface area contributed by atoms with E-state index in [4.69, 9.17) is 23.2 Å². The van der Waals surface area contributed by atoms with E-state index in [2.05, 4.69) is 5.32 Å². The van der Waals surface area contributed by atoms with E-state index in [0.29, 0.717) is 17.1 Å². The first-order valence-electron chi connectivity index (χ1n) is 6.51. The number of halogens is 2. The molecule has 21 heavy (non-hydrogen) atoms. The van der Waals surface area contributed by atoms with Crippen LogP contribution in [0.2, 0.25) is 10.0 Å². The van der Waals surface area contributed by atoms with Crippen LogP contribution >= 0.6 is 35.0 Å². The van der Waals surface area contributed by atoms with Crippen LogP contribution in [0.15, 0.2) is 48.5 Å². The highest BCUT2D eigenvalue weighted by atomic mass is 35.5. The molecule has 1 amide bonds. The SMILES string of the molecule is O=C(NCCSCc1ccc(Cl)cc1)c1ccc(Cl)cc1. The minimum atomic E-state index is -0.0706. The van der Waals surface area contributed by atoms with Crippen LogP contribution in [0.25, 0.3) is 0 Å². The zero-order valence-electron chi connectivity index (χ0n) is 11.3. The van der Waals surface area contributed by atoms with Crippen LogP contribution in [-0.2, 0) is 5.75 Å². The average molecular weight is 340 g/mol. The zero-order valence-corrected chi connectivity index (χ0v) is 13.6. The van der Waals surface area contributed by atoms with Crippen molar-refractivity contribution in [2.75, 3.05) is 12.3 Å². The molecule has 1 N–H and O–H groups in total. The summed E-state index contributed by atoms with van der Waals surface area (Å²) < 4.78 is 0. The molecule has 0 aromatic heterocycles. The molecule has 0 aliphatic rings. The molecule has 0 radical (unpaired) electrons. The fraction of sp³-hybridized carbons (Fsp3) is 0.188. The lowest BCUT2D eigenvalue weighted by atomic mass is 10.2. The highest BCUT2D eigenvalue weighted by Crippen LogP contribution is 2.15. The number of hydrogen-bond donors (Lipinski definition) is 1. The molecule has 0 heterocycles. The van der Waals surface area contributed by atoms with Crippen molar-refractivity contribution in [3.05, 3.63) is 69.7 Å². The van der Waals surface area contributed by atoms with Crippen molar-refractivity contribution >= 4 is 40.9 Å². The van der Waals surface area contributed by atoms with Gasteiger partial charge in [-0.25, -0.2) is 0 Å². The van der Waals surface area contributed by atoms with Crippen LogP contribution < -0.4 is 5.32 Å². The molecule has 0 fully saturated rings. The molecule has 0 aliphatic carbocycles. The molecule has 0 atom stereocenters. The van der Waals surface area contributed by atoms with Crippen LogP contribution in [-0.4, -0.2) is 18.2 Å². The minimum absolute atomic E-state index is 0.0706. The summed E-state index contributed by atoms with van der Waals surface area (Å²) in [5, 5.41) is 4.27. The predicted molar refractivity (Wildman–Crippen MR) is 91.4 cm³/mol. The summed E-state index contributed by atoms with van der Waals surface area (Å²) in [7, 11) is 0. The maximum atomic E-state index is 11.8. The lowest BCUT2D eigenvalue weighted by Crippen LogP contribution is -2.25. The van der Waals surface area contributed by atoms with Gasteiger partial charge >= 0.3 is 0 Å². The molecule has 0 bridgehead atoms. The second-order valence-electron chi connectivity index (χ2n) is 4.44. The first-order valence-corrected chi connectivity index (χ1v) is 8.42. The normalized spacial score (nSPS) is 10.4. The van der Waals surface area contributed by atoms with Crippen LogP contribution in [0.3, 0.4) is 0 Å². The van der Waals surface area contributed by atoms with Crippen molar-refractivity contribution in [3.8, 4) is 0 Å². The van der Waals surface area contributed by atoms with Gasteiger partial charge in [-0.1, -0.05) is 35.3 Å². The average Bonchev–Trinajstić information content (AvgIpc) is 2.49. The van der Waals surface area contributed by atoms with Gasteiger partial charge in [0.05, 0.1) is 0 Å². The van der Waals surface area contributed by atoms with E-state index in [0.717, 1.165) is 16.5 Å². The van der Waals surface area contributed by atoms with Crippen LogP contribution in [0.4, 0.5) is 0 Å². The Balaban J connectivity index is 1.66. The van der Waals surface area contributed by atoms with Crippen molar-refractivity contribution in [3.63, 3.8) is 0 Å². The molecule has 0 unspecified atom stereocenters. The first kappa shape index (κ1) is 16.2. The van der Waals surface area contributed by atoms with Crippen molar-refractivity contribution in [2.45, 2.75) is 5.75 Å². The van der Waals surface area contributed by atoms with Crippen LogP contribution in [0, 0.1) is 0 Å². The number of hydrogen-bond acceptors (Lipinski definition) is 2. The van der Waals surface area contributed by atoms with Gasteiger partial charge in [0.2, 0.25) is 0 Å². The summed E-state index contributed by atoms with van der Waals surface area (Å²) in [5.74, 6) is 1.70. The Morgan fingerprint density at radius 1 is 0.952 bits per heavy atom. The zero-order chi connectivity index (χ0) is 15.1. The van der Waals surface area contributed by atoms with E-state index in [1.165, 1.54) is 5.56 Å². The summed E-state index contributed by atoms with van der Waals surface area (Å²) in [6.07, 6.45) is 0. The summed E-state index contributed by atoms with van der Waals surface area (Å²) >= 11 is 13.4. The molecule has 0 saturated heterocycles. The third-order valence-electron chi connectivity index (χ3n) is 2.82. The van der Waals surface area contributed by atoms with E-state index < -0.39 is 0 Å². The lowest BCUT2D eigenvalue weighted by Gasteiger charge is -2.05. The van der Waals surface area contributed by atoms with Gasteiger partial charge in [0.1, 0.15) is 0 Å². The highest BCUT2D eigenvalue weighted by Gasteiger charge is 2.04. The Hall–Kier alpha value is -1.16. The minimum Gasteiger partial charge on any atom is -0.351 e. The van der Waals surface area contributed by atoms with E-state index >= 15 is 0 Å². The number of nitrogens with one attached hydrogen (secondary N) is 1. The molecule has 110 valence electrons. The lowest BCUT2D eigenvalue weighted by molar-refractivity contribution is 0.0956. The summed E-state index contributed by atoms with van der Waals surface area (Å²) in [6, 6.07) is 14.7. The molecule has 2 nitrogen and oxygen atoms in total. The van der Waals surface area contributed by atoms with Gasteiger partial charge in [0, 0.05) is 33.7 Å². The largest absolute Gasteiger partial charge is 0.351 e. The summed E-state index contributed by atoms with van der Waals surface area (Å²) in [6.45, 7) is 0.639. The van der Waals surface area contributed by atoms with Crippen LogP contribution in [0.5, 0.6) is 0 Å². The van der Waals surface area contributed by atoms with Gasteiger partial charge in [-0.05, 0) is 42.0 Å². The standard InChI is InChI=1S/C16H15Cl2NOS/c17-14-5-1-12(2-6-14)11-21-10-9-19-16(20)13-3-7-15(18)8-4-13/h1-8H,9-11H2,(H,19,20). The van der Waals surface area contributed by atoms with E-state index in [1.54, 1.807) is 36.0 Å². The van der Waals surface area contributed by atoms with Crippen LogP contribution in [0.1, 0.15) is 15.9 Å². The fourth-order valence-corrected chi connectivity index (χ4v) is 2.78. The molecule has 2 rings (SSSR count). The molecule has 5 heteroatoms. The number of carbonyl (C=O) groups is 1. The van der Waals surface area contributed by atoms with Gasteiger partial charge in [-0.3, -0.25) is 4.79 Å². The van der Waals surface area contributed by atoms with Crippen molar-refractivity contribution in [2.24, 2.45) is 0 Å². The number of rotatable bonds is 6. The first-order chi connectivity index (χ1) is 10.1. The third-order valence-corrected chi connectivity index (χ3v) is 4.35. The molecule has 0 aliphatic heterocycles. The Morgan fingerprint density at radius 2 is 1.52 bits per heavy atom. The Labute approximate surface area is 138 Å². The summed E-state index contributed by atoms with van der Waals surface area (Å²) in [4.78, 5) is 11.8. The van der Waals surface area contributed by atoms with Gasteiger partial charge in [-0.2, -0.15) is 11.8 Å². The second-order valence-corrected chi connectivity index (χ2v) is 6.42. The van der Waals surface area contributed by atoms with E-state index in [9.17, 15) is 4.79 Å². The molecule has 2 aromatic rings. The monoisotopic (exact) mass is 339 g/mol. The van der Waals surface area contributed by atoms with Crippen molar-refractivity contribution in [1.29, 1.82) is 0 Å². The van der Waals surface area contributed by atoms with Crippen molar-refractivity contribution in [1.82, 2.24) is 5.32 Å². The van der Waals surface area contributed by atoms with Gasteiger partial charge in [-0.15, -0.1) is 0 Å². The molecule has 2 aromatic carbocycles. The Kier molecular flexibility index (Phi) is 6.43. The third kappa shape index (κ3) is 5.62. The topological polar surface area (TPSA) is 29.1 Å². The highest BCUT2D eigenvalue weighted by molar-refractivity contribution is 7.98. The summed E-state index contributed by atoms with van der Waals surface area (Å²) in [5.41, 5.74) is 1.86. The number of benzene rings is 2. The van der Waals surface area contributed by atoms with Gasteiger partial charge < -0.3 is 5.32 Å². The Bertz CT molecular complexity index is 584. The molecular weight excluding hydrogens is 325 g/mol. The van der Waals surface area contributed by atoms with Gasteiger partial charge in [0.25, 0.3) is 5.91 Å². The number of thioether (sulfide) groups is 1. The number of carbonyl (C=O) groups excluding carboxylic acids is 1. The predicted octanol–water partition coefficient (Wildman–Crippen LogP) is 4.66. The van der Waals surface area contributed by atoms with E-state index in [1.807, 2.05) is 24.3 Å². The molecule has 0 saturated carbocycles. The fourth-order valence-electron chi connectivity index (χ4n) is 1.71.